The first-order valence-electron chi connectivity index (χ1n) is 13.9. The minimum absolute atomic E-state index is 0. The van der Waals surface area contributed by atoms with Crippen LogP contribution in [0.2, 0.25) is 0 Å². The van der Waals surface area contributed by atoms with Gasteiger partial charge in [-0.25, -0.2) is 16.8 Å². The Kier molecular flexibility index (Phi) is 9.94. The van der Waals surface area contributed by atoms with Gasteiger partial charge in [0.15, 0.2) is 11.5 Å². The van der Waals surface area contributed by atoms with E-state index in [0.717, 1.165) is 23.3 Å². The van der Waals surface area contributed by atoms with E-state index in [4.69, 9.17) is 0 Å². The van der Waals surface area contributed by atoms with Crippen LogP contribution in [-0.4, -0.2) is 46.1 Å². The second kappa shape index (κ2) is 13.7. The molecule has 2 aromatic heterocycles. The predicted molar refractivity (Wildman–Crippen MR) is 172 cm³/mol. The van der Waals surface area contributed by atoms with Crippen LogP contribution in [0.25, 0.3) is 32.9 Å². The largest absolute Gasteiger partial charge is 1.00 e. The van der Waals surface area contributed by atoms with Crippen molar-refractivity contribution in [2.75, 3.05) is 0 Å². The van der Waals surface area contributed by atoms with Crippen molar-refractivity contribution < 1.29 is 65.7 Å². The van der Waals surface area contributed by atoms with Gasteiger partial charge in [0.25, 0.3) is 0 Å². The van der Waals surface area contributed by atoms with Crippen molar-refractivity contribution in [3.8, 4) is 22.6 Å². The third kappa shape index (κ3) is 7.20. The van der Waals surface area contributed by atoms with Crippen LogP contribution in [0.1, 0.15) is 11.1 Å². The van der Waals surface area contributed by atoms with Gasteiger partial charge in [0, 0.05) is 23.2 Å². The number of fused-ring (bicyclic) bond motifs is 2. The molecule has 0 spiro atoms. The smallest absolute Gasteiger partial charge is 0.744 e. The van der Waals surface area contributed by atoms with Gasteiger partial charge in [-0.15, -0.1) is 10.2 Å². The summed E-state index contributed by atoms with van der Waals surface area (Å²) in [5.41, 5.74) is 3.15. The molecule has 4 aromatic carbocycles. The molecule has 0 aliphatic heterocycles. The molecule has 6 aromatic rings. The van der Waals surface area contributed by atoms with E-state index < -0.39 is 41.5 Å². The van der Waals surface area contributed by atoms with Crippen LogP contribution < -0.4 is 29.6 Å². The van der Waals surface area contributed by atoms with E-state index in [9.17, 15) is 36.2 Å². The van der Waals surface area contributed by atoms with Gasteiger partial charge in [-0.05, 0) is 96.8 Å². The van der Waals surface area contributed by atoms with Crippen molar-refractivity contribution >= 4 is 64.8 Å². The van der Waals surface area contributed by atoms with E-state index in [-0.39, 0.29) is 62.7 Å². The van der Waals surface area contributed by atoms with Gasteiger partial charge in [0.1, 0.15) is 42.6 Å². The van der Waals surface area contributed by atoms with E-state index in [2.05, 4.69) is 30.4 Å². The molecule has 0 aliphatic rings. The number of azo groups is 2. The second-order valence-corrected chi connectivity index (χ2v) is 13.3. The Labute approximate surface area is 301 Å². The molecule has 0 bridgehead atoms. The molecule has 0 saturated heterocycles. The Morgan fingerprint density at radius 2 is 0.939 bits per heavy atom. The van der Waals surface area contributed by atoms with E-state index in [0.29, 0.717) is 22.5 Å². The summed E-state index contributed by atoms with van der Waals surface area (Å²) in [6.07, 6.45) is 2.69. The van der Waals surface area contributed by atoms with Gasteiger partial charge in [-0.2, -0.15) is 10.2 Å². The topological polar surface area (TPSA) is 230 Å². The van der Waals surface area contributed by atoms with E-state index in [1.54, 1.807) is 38.1 Å². The number of aromatic hydroxyl groups is 2. The number of pyridine rings is 2. The Hall–Kier alpha value is -4.68. The maximum atomic E-state index is 11.9. The van der Waals surface area contributed by atoms with Gasteiger partial charge in [0.05, 0.1) is 21.2 Å². The molecule has 0 unspecified atom stereocenters. The SMILES string of the molecule is Cc1cc(-c2ccc(N=Nc3cc(S(=O)(=O)[O-])c4cccnc4c3O)c(C)c2)ccc1N=Nc1cc(S(=O)(=O)[O-])c2cccnc2c1O.[Na+]. The number of aryl methyl sites for hydroxylation is 2. The monoisotopic (exact) mass is 705 g/mol. The van der Waals surface area contributed by atoms with Crippen LogP contribution >= 0.6 is 0 Å². The Morgan fingerprint density at radius 1 is 0.571 bits per heavy atom. The van der Waals surface area contributed by atoms with Crippen LogP contribution in [0.5, 0.6) is 11.5 Å². The van der Waals surface area contributed by atoms with Crippen LogP contribution in [-0.2, 0) is 20.2 Å². The molecule has 0 radical (unpaired) electrons. The van der Waals surface area contributed by atoms with Crippen molar-refractivity contribution in [1.29, 1.82) is 0 Å². The number of nitrogens with zero attached hydrogens (tertiary/aromatic N) is 6. The van der Waals surface area contributed by atoms with Crippen molar-refractivity contribution in [2.45, 2.75) is 23.6 Å². The van der Waals surface area contributed by atoms with Crippen molar-refractivity contribution in [3.05, 3.63) is 96.3 Å². The van der Waals surface area contributed by atoms with E-state index in [1.165, 1.54) is 36.7 Å². The third-order valence-electron chi connectivity index (χ3n) is 7.41. The fraction of sp³-hybridized carbons (Fsp3) is 0.0625. The fourth-order valence-corrected chi connectivity index (χ4v) is 6.42. The summed E-state index contributed by atoms with van der Waals surface area (Å²) in [5, 5.41) is 37.6. The average Bonchev–Trinajstić information content (AvgIpc) is 3.04. The first-order chi connectivity index (χ1) is 22.7. The molecule has 14 nitrogen and oxygen atoms in total. The minimum atomic E-state index is -4.90. The summed E-state index contributed by atoms with van der Waals surface area (Å²) in [6.45, 7) is 3.56. The zero-order valence-corrected chi connectivity index (χ0v) is 29.6. The molecule has 2 N–H and O–H groups in total. The summed E-state index contributed by atoms with van der Waals surface area (Å²) >= 11 is 0. The molecule has 2 heterocycles. The maximum absolute atomic E-state index is 11.9. The van der Waals surface area contributed by atoms with Crippen LogP contribution in [0.3, 0.4) is 0 Å². The fourth-order valence-electron chi connectivity index (χ4n) is 5.04. The second-order valence-electron chi connectivity index (χ2n) is 10.6. The van der Waals surface area contributed by atoms with Gasteiger partial charge in [-0.3, -0.25) is 9.97 Å². The van der Waals surface area contributed by atoms with Gasteiger partial charge >= 0.3 is 29.6 Å². The number of benzene rings is 4. The average molecular weight is 706 g/mol. The Balaban J connectivity index is 0.00000468. The molecule has 0 amide bonds. The van der Waals surface area contributed by atoms with Gasteiger partial charge < -0.3 is 19.3 Å². The summed E-state index contributed by atoms with van der Waals surface area (Å²) in [5.74, 6) is -0.848. The minimum Gasteiger partial charge on any atom is -0.744 e. The van der Waals surface area contributed by atoms with E-state index >= 15 is 0 Å². The number of phenolic OH excluding ortho intramolecular Hbond substituents is 2. The van der Waals surface area contributed by atoms with Crippen LogP contribution in [0, 0.1) is 13.8 Å². The molecule has 242 valence electrons. The van der Waals surface area contributed by atoms with Gasteiger partial charge in [0.2, 0.25) is 0 Å². The molecule has 0 saturated carbocycles. The first-order valence-corrected chi connectivity index (χ1v) is 16.7. The van der Waals surface area contributed by atoms with Crippen molar-refractivity contribution in [1.82, 2.24) is 9.97 Å². The number of phenols is 2. The molecule has 0 aliphatic carbocycles. The Bertz CT molecular complexity index is 2400. The molecule has 0 fully saturated rings. The third-order valence-corrected chi connectivity index (χ3v) is 9.17. The number of rotatable bonds is 7. The molecule has 49 heavy (non-hydrogen) atoms. The first kappa shape index (κ1) is 35.6. The summed E-state index contributed by atoms with van der Waals surface area (Å²) in [4.78, 5) is 6.82. The van der Waals surface area contributed by atoms with Crippen molar-refractivity contribution in [2.24, 2.45) is 20.5 Å². The standard InChI is InChI=1S/C32H24N6O8S2.Na/c1-17-13-19(7-9-23(17)35-37-25-15-27(47(41,42)43)21-5-3-11-33-29(21)31(25)39)20-8-10-24(18(2)14-20)36-38-26-16-28(48(44,45)46)22-6-4-12-34-30(22)32(26)40;/h3-16,39-40H,1-2H3,(H,41,42,43)(H,44,45,46);/q;+1/p-2. The van der Waals surface area contributed by atoms with Gasteiger partial charge in [-0.1, -0.05) is 12.1 Å². The zero-order valence-electron chi connectivity index (χ0n) is 25.9. The van der Waals surface area contributed by atoms with Crippen LogP contribution in [0.4, 0.5) is 22.7 Å². The molecule has 17 heteroatoms. The van der Waals surface area contributed by atoms with Crippen LogP contribution in [0.15, 0.2) is 115 Å². The quantitative estimate of drug-likeness (QED) is 0.137. The Morgan fingerprint density at radius 3 is 1.29 bits per heavy atom. The normalized spacial score (nSPS) is 12.2. The number of hydrogen-bond donors (Lipinski definition) is 2. The number of hydrogen-bond acceptors (Lipinski definition) is 14. The predicted octanol–water partition coefficient (Wildman–Crippen LogP) is 4.12. The molecular formula is C32H22N6NaO8S2-. The van der Waals surface area contributed by atoms with E-state index in [1.807, 2.05) is 12.1 Å². The van der Waals surface area contributed by atoms with Crippen molar-refractivity contribution in [3.63, 3.8) is 0 Å². The maximum Gasteiger partial charge on any atom is 1.00 e. The molecule has 6 rings (SSSR count). The molecular weight excluding hydrogens is 684 g/mol. The summed E-state index contributed by atoms with van der Waals surface area (Å²) in [6, 6.07) is 18.1. The summed E-state index contributed by atoms with van der Waals surface area (Å²) < 4.78 is 71.2. The molecule has 0 atom stereocenters. The number of aromatic nitrogens is 2. The zero-order chi connectivity index (χ0) is 34.4. The summed E-state index contributed by atoms with van der Waals surface area (Å²) in [7, 11) is -9.80.